The van der Waals surface area contributed by atoms with Gasteiger partial charge in [0.15, 0.2) is 0 Å². The van der Waals surface area contributed by atoms with Gasteiger partial charge in [0.25, 0.3) is 0 Å². The van der Waals surface area contributed by atoms with Crippen molar-refractivity contribution < 1.29 is 8.42 Å². The van der Waals surface area contributed by atoms with Crippen LogP contribution in [0.2, 0.25) is 0 Å². The zero-order chi connectivity index (χ0) is 20.3. The van der Waals surface area contributed by atoms with Gasteiger partial charge in [-0.15, -0.1) is 0 Å². The normalized spacial score (nSPS) is 18.7. The van der Waals surface area contributed by atoms with Crippen LogP contribution in [0.1, 0.15) is 24.1 Å². The number of piperazine rings is 1. The summed E-state index contributed by atoms with van der Waals surface area (Å²) in [6.45, 7) is 6.09. The molecule has 0 saturated carbocycles. The van der Waals surface area contributed by atoms with Crippen molar-refractivity contribution in [3.05, 3.63) is 53.1 Å². The lowest BCUT2D eigenvalue weighted by Crippen LogP contribution is -2.48. The molecule has 8 heteroatoms. The molecule has 0 bridgehead atoms. The van der Waals surface area contributed by atoms with Crippen molar-refractivity contribution in [2.45, 2.75) is 19.8 Å². The van der Waals surface area contributed by atoms with E-state index in [9.17, 15) is 8.42 Å². The summed E-state index contributed by atoms with van der Waals surface area (Å²) >= 11 is 0. The topological polar surface area (TPSA) is 69.6 Å². The molecule has 0 amide bonds. The maximum atomic E-state index is 12.7. The Morgan fingerprint density at radius 1 is 0.897 bits per heavy atom. The van der Waals surface area contributed by atoms with Crippen LogP contribution in [-0.2, 0) is 10.0 Å². The molecular weight excluding hydrogens is 386 g/mol. The number of sulfonamides is 1. The third-order valence-electron chi connectivity index (χ3n) is 5.37. The number of aromatic nitrogens is 2. The summed E-state index contributed by atoms with van der Waals surface area (Å²) in [5.41, 5.74) is 1.81. The van der Waals surface area contributed by atoms with E-state index in [0.717, 1.165) is 30.2 Å². The van der Waals surface area contributed by atoms with Crippen molar-refractivity contribution in [1.29, 1.82) is 0 Å². The van der Waals surface area contributed by atoms with Crippen LogP contribution in [0.4, 0.5) is 11.8 Å². The van der Waals surface area contributed by atoms with Crippen molar-refractivity contribution >= 4 is 27.9 Å². The molecule has 2 saturated heterocycles. The predicted molar refractivity (Wildman–Crippen MR) is 116 cm³/mol. The highest BCUT2D eigenvalue weighted by molar-refractivity contribution is 7.92. The molecule has 0 spiro atoms. The highest BCUT2D eigenvalue weighted by Crippen LogP contribution is 2.22. The number of rotatable bonds is 5. The zero-order valence-electron chi connectivity index (χ0n) is 16.7. The summed E-state index contributed by atoms with van der Waals surface area (Å²) in [5.74, 6) is 1.68. The molecule has 3 heterocycles. The molecule has 0 aliphatic carbocycles. The van der Waals surface area contributed by atoms with E-state index >= 15 is 0 Å². The van der Waals surface area contributed by atoms with Crippen LogP contribution in [0.3, 0.4) is 0 Å². The maximum absolute atomic E-state index is 12.7. The van der Waals surface area contributed by atoms with Crippen molar-refractivity contribution in [3.8, 4) is 0 Å². The highest BCUT2D eigenvalue weighted by atomic mass is 32.2. The lowest BCUT2D eigenvalue weighted by atomic mass is 10.2. The molecule has 7 nitrogen and oxygen atoms in total. The third-order valence-corrected chi connectivity index (χ3v) is 6.94. The van der Waals surface area contributed by atoms with Gasteiger partial charge in [-0.3, -0.25) is 0 Å². The largest absolute Gasteiger partial charge is 0.356 e. The molecule has 1 aromatic heterocycles. The number of benzene rings is 1. The Bertz CT molecular complexity index is 964. The number of hydrogen-bond donors (Lipinski definition) is 0. The van der Waals surface area contributed by atoms with Crippen LogP contribution >= 0.6 is 0 Å². The van der Waals surface area contributed by atoms with E-state index in [2.05, 4.69) is 14.8 Å². The monoisotopic (exact) mass is 413 g/mol. The van der Waals surface area contributed by atoms with Gasteiger partial charge in [0.2, 0.25) is 16.0 Å². The summed E-state index contributed by atoms with van der Waals surface area (Å²) in [5, 5.41) is 1.30. The van der Waals surface area contributed by atoms with Gasteiger partial charge in [-0.1, -0.05) is 30.3 Å². The molecule has 2 aromatic rings. The van der Waals surface area contributed by atoms with Gasteiger partial charge < -0.3 is 9.80 Å². The highest BCUT2D eigenvalue weighted by Gasteiger charge is 2.27. The smallest absolute Gasteiger partial charge is 0.236 e. The number of aryl methyl sites for hydroxylation is 1. The minimum atomic E-state index is -3.44. The molecule has 1 aromatic carbocycles. The van der Waals surface area contributed by atoms with Crippen molar-refractivity contribution in [1.82, 2.24) is 14.3 Å². The Labute approximate surface area is 172 Å². The third kappa shape index (κ3) is 4.76. The summed E-state index contributed by atoms with van der Waals surface area (Å²) < 4.78 is 26.9. The van der Waals surface area contributed by atoms with E-state index in [1.54, 1.807) is 6.08 Å². The van der Waals surface area contributed by atoms with E-state index in [1.165, 1.54) is 22.6 Å². The fourth-order valence-corrected chi connectivity index (χ4v) is 4.92. The summed E-state index contributed by atoms with van der Waals surface area (Å²) in [7, 11) is -3.44. The zero-order valence-corrected chi connectivity index (χ0v) is 17.6. The lowest BCUT2D eigenvalue weighted by molar-refractivity contribution is 0.387. The van der Waals surface area contributed by atoms with Gasteiger partial charge in [-0.25, -0.2) is 13.4 Å². The van der Waals surface area contributed by atoms with Gasteiger partial charge in [-0.2, -0.15) is 9.29 Å². The Morgan fingerprint density at radius 3 is 2.28 bits per heavy atom. The molecule has 0 unspecified atom stereocenters. The minimum absolute atomic E-state index is 0.428. The Balaban J connectivity index is 1.42. The number of anilines is 2. The molecule has 0 radical (unpaired) electrons. The quantitative estimate of drug-likeness (QED) is 0.750. The second-order valence-electron chi connectivity index (χ2n) is 7.51. The molecule has 29 heavy (non-hydrogen) atoms. The summed E-state index contributed by atoms with van der Waals surface area (Å²) in [6.07, 6.45) is 4.05. The molecule has 4 rings (SSSR count). The molecule has 0 atom stereocenters. The van der Waals surface area contributed by atoms with Crippen LogP contribution in [-0.4, -0.2) is 62.0 Å². The van der Waals surface area contributed by atoms with Crippen LogP contribution in [0, 0.1) is 6.92 Å². The first kappa shape index (κ1) is 19.8. The van der Waals surface area contributed by atoms with E-state index in [-0.39, 0.29) is 0 Å². The molecule has 2 aliphatic heterocycles. The van der Waals surface area contributed by atoms with Crippen LogP contribution in [0.5, 0.6) is 0 Å². The standard InChI is InChI=1S/C21H27N5O2S/c1-18-17-20(24-10-5-6-11-24)23-21(22-18)25-12-14-26(15-13-25)29(27,28)16-9-19-7-3-2-4-8-19/h2-4,7-9,16-17H,5-6,10-15H2,1H3/b16-9+. The van der Waals surface area contributed by atoms with Gasteiger partial charge in [0.1, 0.15) is 5.82 Å². The molecule has 2 fully saturated rings. The van der Waals surface area contributed by atoms with Gasteiger partial charge in [0, 0.05) is 56.4 Å². The average molecular weight is 414 g/mol. The fourth-order valence-electron chi connectivity index (χ4n) is 3.74. The van der Waals surface area contributed by atoms with Crippen molar-refractivity contribution in [2.24, 2.45) is 0 Å². The first-order valence-corrected chi connectivity index (χ1v) is 11.6. The molecule has 154 valence electrons. The second-order valence-corrected chi connectivity index (χ2v) is 9.32. The summed E-state index contributed by atoms with van der Waals surface area (Å²) in [6, 6.07) is 11.5. The van der Waals surface area contributed by atoms with Crippen LogP contribution in [0.25, 0.3) is 6.08 Å². The SMILES string of the molecule is Cc1cc(N2CCCC2)nc(N2CCN(S(=O)(=O)/C=C/c3ccccc3)CC2)n1. The molecular formula is C21H27N5O2S. The van der Waals surface area contributed by atoms with Crippen molar-refractivity contribution in [3.63, 3.8) is 0 Å². The Hall–Kier alpha value is -2.45. The van der Waals surface area contributed by atoms with Gasteiger partial charge >= 0.3 is 0 Å². The van der Waals surface area contributed by atoms with E-state index in [1.807, 2.05) is 43.3 Å². The average Bonchev–Trinajstić information content (AvgIpc) is 3.28. The van der Waals surface area contributed by atoms with Gasteiger partial charge in [-0.05, 0) is 31.4 Å². The van der Waals surface area contributed by atoms with Crippen LogP contribution in [0.15, 0.2) is 41.8 Å². The van der Waals surface area contributed by atoms with E-state index < -0.39 is 10.0 Å². The Kier molecular flexibility index (Phi) is 5.82. The maximum Gasteiger partial charge on any atom is 0.236 e. The predicted octanol–water partition coefficient (Wildman–Crippen LogP) is 2.51. The number of hydrogen-bond acceptors (Lipinski definition) is 6. The minimum Gasteiger partial charge on any atom is -0.356 e. The van der Waals surface area contributed by atoms with Crippen LogP contribution < -0.4 is 9.80 Å². The number of nitrogens with zero attached hydrogens (tertiary/aromatic N) is 5. The second kappa shape index (κ2) is 8.51. The molecule has 0 N–H and O–H groups in total. The van der Waals surface area contributed by atoms with Gasteiger partial charge in [0.05, 0.1) is 0 Å². The van der Waals surface area contributed by atoms with E-state index in [0.29, 0.717) is 32.1 Å². The van der Waals surface area contributed by atoms with E-state index in [4.69, 9.17) is 4.98 Å². The first-order chi connectivity index (χ1) is 14.0. The van der Waals surface area contributed by atoms with Crippen molar-refractivity contribution in [2.75, 3.05) is 49.1 Å². The Morgan fingerprint density at radius 2 is 1.59 bits per heavy atom. The first-order valence-electron chi connectivity index (χ1n) is 10.1. The fraction of sp³-hybridized carbons (Fsp3) is 0.429. The molecule has 2 aliphatic rings. The lowest BCUT2D eigenvalue weighted by Gasteiger charge is -2.33. The summed E-state index contributed by atoms with van der Waals surface area (Å²) in [4.78, 5) is 13.7.